The molecule has 1 amide bonds. The zero-order valence-electron chi connectivity index (χ0n) is 10.8. The highest BCUT2D eigenvalue weighted by Crippen LogP contribution is 2.25. The zero-order chi connectivity index (χ0) is 13.1. The van der Waals surface area contributed by atoms with Crippen molar-refractivity contribution in [2.24, 2.45) is 0 Å². The maximum atomic E-state index is 12.2. The molecule has 0 radical (unpaired) electrons. The minimum Gasteiger partial charge on any atom is -0.352 e. The predicted octanol–water partition coefficient (Wildman–Crippen LogP) is 2.77. The fourth-order valence-electron chi connectivity index (χ4n) is 2.61. The second-order valence-electron chi connectivity index (χ2n) is 4.98. The summed E-state index contributed by atoms with van der Waals surface area (Å²) in [5, 5.41) is 9.49. The summed E-state index contributed by atoms with van der Waals surface area (Å²) >= 11 is 1.63. The molecule has 1 saturated heterocycles. The molecule has 1 aromatic carbocycles. The second kappa shape index (κ2) is 5.72. The monoisotopic (exact) mass is 274 g/mol. The van der Waals surface area contributed by atoms with Gasteiger partial charge in [0.25, 0.3) is 5.91 Å². The average molecular weight is 274 g/mol. The lowest BCUT2D eigenvalue weighted by atomic mass is 10.1. The number of rotatable bonds is 4. The first-order valence-corrected chi connectivity index (χ1v) is 7.70. The van der Waals surface area contributed by atoms with Gasteiger partial charge >= 0.3 is 0 Å². The van der Waals surface area contributed by atoms with E-state index in [-0.39, 0.29) is 5.91 Å². The molecule has 100 valence electrons. The fraction of sp³-hybridized carbons (Fsp3) is 0.400. The summed E-state index contributed by atoms with van der Waals surface area (Å²) < 4.78 is 1.17. The second-order valence-corrected chi connectivity index (χ2v) is 5.89. The maximum absolute atomic E-state index is 12.2. The molecule has 0 spiro atoms. The van der Waals surface area contributed by atoms with Crippen LogP contribution in [0.5, 0.6) is 0 Å². The molecule has 1 aliphatic rings. The topological polar surface area (TPSA) is 41.1 Å². The van der Waals surface area contributed by atoms with Gasteiger partial charge < -0.3 is 10.6 Å². The number of carbonyl (C=O) groups excluding carboxylic acids is 1. The van der Waals surface area contributed by atoms with Crippen LogP contribution in [-0.4, -0.2) is 25.0 Å². The smallest absolute Gasteiger partial charge is 0.252 e. The van der Waals surface area contributed by atoms with Crippen LogP contribution in [0.25, 0.3) is 10.1 Å². The Labute approximate surface area is 117 Å². The van der Waals surface area contributed by atoms with Crippen LogP contribution in [-0.2, 0) is 0 Å². The van der Waals surface area contributed by atoms with Crippen molar-refractivity contribution in [3.63, 3.8) is 0 Å². The van der Waals surface area contributed by atoms with Crippen LogP contribution in [0.4, 0.5) is 0 Å². The molecule has 0 saturated carbocycles. The Morgan fingerprint density at radius 2 is 2.32 bits per heavy atom. The third kappa shape index (κ3) is 2.80. The molecule has 1 atom stereocenters. The largest absolute Gasteiger partial charge is 0.352 e. The first kappa shape index (κ1) is 12.6. The summed E-state index contributed by atoms with van der Waals surface area (Å²) in [6.45, 7) is 1.87. The lowest BCUT2D eigenvalue weighted by molar-refractivity contribution is 0.0954. The van der Waals surface area contributed by atoms with Crippen molar-refractivity contribution in [1.82, 2.24) is 10.6 Å². The predicted molar refractivity (Wildman–Crippen MR) is 79.8 cm³/mol. The van der Waals surface area contributed by atoms with Crippen molar-refractivity contribution in [3.8, 4) is 0 Å². The summed E-state index contributed by atoms with van der Waals surface area (Å²) in [7, 11) is 0. The van der Waals surface area contributed by atoms with Crippen molar-refractivity contribution < 1.29 is 4.79 Å². The van der Waals surface area contributed by atoms with E-state index in [2.05, 4.69) is 16.7 Å². The van der Waals surface area contributed by atoms with E-state index in [1.807, 2.05) is 23.6 Å². The van der Waals surface area contributed by atoms with Gasteiger partial charge in [0.1, 0.15) is 0 Å². The maximum Gasteiger partial charge on any atom is 0.252 e. The molecule has 2 aromatic rings. The Kier molecular flexibility index (Phi) is 3.80. The van der Waals surface area contributed by atoms with Gasteiger partial charge in [-0.1, -0.05) is 18.2 Å². The molecular weight excluding hydrogens is 256 g/mol. The number of nitrogens with one attached hydrogen (secondary N) is 2. The summed E-state index contributed by atoms with van der Waals surface area (Å²) in [5.74, 6) is 0.0513. The van der Waals surface area contributed by atoms with E-state index in [1.165, 1.54) is 17.5 Å². The summed E-state index contributed by atoms with van der Waals surface area (Å²) in [4.78, 5) is 12.2. The van der Waals surface area contributed by atoms with Crippen LogP contribution in [0.3, 0.4) is 0 Å². The van der Waals surface area contributed by atoms with Gasteiger partial charge in [0.05, 0.1) is 5.56 Å². The highest BCUT2D eigenvalue weighted by molar-refractivity contribution is 7.17. The summed E-state index contributed by atoms with van der Waals surface area (Å²) in [5.41, 5.74) is 0.806. The number of carbonyl (C=O) groups is 1. The molecule has 1 aromatic heterocycles. The Hall–Kier alpha value is -1.39. The van der Waals surface area contributed by atoms with E-state index < -0.39 is 0 Å². The first-order chi connectivity index (χ1) is 9.34. The van der Waals surface area contributed by atoms with Gasteiger partial charge in [-0.3, -0.25) is 4.79 Å². The lowest BCUT2D eigenvalue weighted by Crippen LogP contribution is -2.30. The van der Waals surface area contributed by atoms with Gasteiger partial charge in [-0.15, -0.1) is 11.3 Å². The third-order valence-electron chi connectivity index (χ3n) is 3.67. The van der Waals surface area contributed by atoms with Crippen molar-refractivity contribution >= 4 is 27.3 Å². The van der Waals surface area contributed by atoms with Crippen LogP contribution in [0.1, 0.15) is 29.6 Å². The summed E-state index contributed by atoms with van der Waals surface area (Å²) in [6.07, 6.45) is 3.51. The van der Waals surface area contributed by atoms with Gasteiger partial charge in [-0.05, 0) is 31.9 Å². The van der Waals surface area contributed by atoms with Crippen LogP contribution >= 0.6 is 11.3 Å². The van der Waals surface area contributed by atoms with E-state index in [9.17, 15) is 4.79 Å². The molecule has 4 heteroatoms. The van der Waals surface area contributed by atoms with Gasteiger partial charge in [-0.25, -0.2) is 0 Å². The Morgan fingerprint density at radius 1 is 1.42 bits per heavy atom. The molecule has 1 fully saturated rings. The number of fused-ring (bicyclic) bond motifs is 1. The van der Waals surface area contributed by atoms with E-state index in [0.29, 0.717) is 6.04 Å². The molecular formula is C15H18N2OS. The number of hydrogen-bond donors (Lipinski definition) is 2. The molecule has 0 bridgehead atoms. The standard InChI is InChI=1S/C15H18N2OS/c18-15(17-9-7-11-4-3-8-16-11)13-10-19-14-6-2-1-5-12(13)14/h1-2,5-6,10-11,16H,3-4,7-9H2,(H,17,18)/t11-/m1/s1. The lowest BCUT2D eigenvalue weighted by Gasteiger charge is -2.10. The highest BCUT2D eigenvalue weighted by Gasteiger charge is 2.15. The highest BCUT2D eigenvalue weighted by atomic mass is 32.1. The Morgan fingerprint density at radius 3 is 3.16 bits per heavy atom. The third-order valence-corrected chi connectivity index (χ3v) is 4.63. The molecule has 19 heavy (non-hydrogen) atoms. The summed E-state index contributed by atoms with van der Waals surface area (Å²) in [6, 6.07) is 8.64. The van der Waals surface area contributed by atoms with E-state index in [0.717, 1.165) is 30.5 Å². The molecule has 2 heterocycles. The van der Waals surface area contributed by atoms with Gasteiger partial charge in [0.2, 0.25) is 0 Å². The normalized spacial score (nSPS) is 18.8. The van der Waals surface area contributed by atoms with Crippen LogP contribution in [0.2, 0.25) is 0 Å². The minimum absolute atomic E-state index is 0.0513. The van der Waals surface area contributed by atoms with Crippen LogP contribution in [0, 0.1) is 0 Å². The average Bonchev–Trinajstić information content (AvgIpc) is 3.07. The molecule has 0 unspecified atom stereocenters. The van der Waals surface area contributed by atoms with E-state index in [4.69, 9.17) is 0 Å². The molecule has 3 nitrogen and oxygen atoms in total. The van der Waals surface area contributed by atoms with E-state index >= 15 is 0 Å². The quantitative estimate of drug-likeness (QED) is 0.900. The first-order valence-electron chi connectivity index (χ1n) is 6.82. The Balaban J connectivity index is 1.60. The number of thiophene rings is 1. The molecule has 2 N–H and O–H groups in total. The van der Waals surface area contributed by atoms with Crippen molar-refractivity contribution in [3.05, 3.63) is 35.2 Å². The van der Waals surface area contributed by atoms with E-state index in [1.54, 1.807) is 11.3 Å². The number of benzene rings is 1. The Bertz CT molecular complexity index is 572. The van der Waals surface area contributed by atoms with Gasteiger partial charge in [0, 0.05) is 28.1 Å². The SMILES string of the molecule is O=C(NCC[C@H]1CCCN1)c1csc2ccccc12. The molecule has 3 rings (SSSR count). The fourth-order valence-corrected chi connectivity index (χ4v) is 3.55. The molecule has 1 aliphatic heterocycles. The van der Waals surface area contributed by atoms with Crippen molar-refractivity contribution in [2.45, 2.75) is 25.3 Å². The van der Waals surface area contributed by atoms with Gasteiger partial charge in [0.15, 0.2) is 0 Å². The van der Waals surface area contributed by atoms with Crippen LogP contribution < -0.4 is 10.6 Å². The zero-order valence-corrected chi connectivity index (χ0v) is 11.6. The number of hydrogen-bond acceptors (Lipinski definition) is 3. The van der Waals surface area contributed by atoms with Crippen LogP contribution in [0.15, 0.2) is 29.6 Å². The van der Waals surface area contributed by atoms with Crippen molar-refractivity contribution in [1.29, 1.82) is 0 Å². The number of amides is 1. The van der Waals surface area contributed by atoms with Crippen molar-refractivity contribution in [2.75, 3.05) is 13.1 Å². The van der Waals surface area contributed by atoms with Gasteiger partial charge in [-0.2, -0.15) is 0 Å². The molecule has 0 aliphatic carbocycles. The minimum atomic E-state index is 0.0513.